The van der Waals surface area contributed by atoms with Crippen LogP contribution in [0.4, 0.5) is 82.9 Å². The van der Waals surface area contributed by atoms with E-state index in [0.29, 0.717) is 59.7 Å². The van der Waals surface area contributed by atoms with E-state index in [-0.39, 0.29) is 34.0 Å². The monoisotopic (exact) mass is 936 g/mol. The summed E-state index contributed by atoms with van der Waals surface area (Å²) in [5.74, 6) is -0.265. The van der Waals surface area contributed by atoms with E-state index >= 15 is 26.3 Å². The van der Waals surface area contributed by atoms with Crippen LogP contribution in [0.3, 0.4) is 0 Å². The van der Waals surface area contributed by atoms with Crippen LogP contribution in [0, 0.1) is 20.8 Å². The molecule has 1 heterocycles. The van der Waals surface area contributed by atoms with Gasteiger partial charge in [0.25, 0.3) is 0 Å². The van der Waals surface area contributed by atoms with E-state index in [9.17, 15) is 39.5 Å². The van der Waals surface area contributed by atoms with Crippen molar-refractivity contribution in [3.8, 4) is 28.5 Å². The van der Waals surface area contributed by atoms with Gasteiger partial charge in [0.2, 0.25) is 5.41 Å². The minimum atomic E-state index is -6.16. The van der Waals surface area contributed by atoms with Gasteiger partial charge in [-0.2, -0.15) is 65.9 Å². The standard InChI is InChI=1S/C47H31F15N4/c1-26-6-4-7-29(18-26)40-63-64-41(30-8-5-9-33(23-30)43(48,49)50)66(40)37-16-12-32(13-17-37)42(46(57,58)59,47(60,61)62)31-10-14-36(15-11-31)65(38-21-27(2)19-34(24-38)44(51,52)53)39-22-28(3)20-35(25-39)45(54,55)56/h4-25H,1-3H3. The van der Waals surface area contributed by atoms with Crippen LogP contribution < -0.4 is 4.90 Å². The number of aryl methyl sites for hydroxylation is 3. The molecule has 0 aliphatic carbocycles. The fourth-order valence-corrected chi connectivity index (χ4v) is 7.78. The van der Waals surface area contributed by atoms with Gasteiger partial charge in [-0.15, -0.1) is 10.2 Å². The molecule has 0 aliphatic rings. The number of hydrogen-bond acceptors (Lipinski definition) is 3. The summed E-state index contributed by atoms with van der Waals surface area (Å²) in [6, 6.07) is 20.4. The van der Waals surface area contributed by atoms with Crippen LogP contribution in [-0.4, -0.2) is 27.1 Å². The second-order valence-corrected chi connectivity index (χ2v) is 15.4. The zero-order valence-corrected chi connectivity index (χ0v) is 34.2. The fraction of sp³-hybridized carbons (Fsp3) is 0.191. The predicted octanol–water partition coefficient (Wildman–Crippen LogP) is 15.5. The van der Waals surface area contributed by atoms with Crippen molar-refractivity contribution in [2.75, 3.05) is 4.90 Å². The third kappa shape index (κ3) is 8.94. The van der Waals surface area contributed by atoms with Crippen LogP contribution in [0.5, 0.6) is 0 Å². The van der Waals surface area contributed by atoms with E-state index in [4.69, 9.17) is 0 Å². The zero-order chi connectivity index (χ0) is 48.4. The Morgan fingerprint density at radius 3 is 1.23 bits per heavy atom. The summed E-state index contributed by atoms with van der Waals surface area (Å²) in [6.07, 6.45) is -27.0. The molecule has 6 aromatic carbocycles. The van der Waals surface area contributed by atoms with E-state index in [0.717, 1.165) is 59.5 Å². The molecule has 19 heteroatoms. The molecule has 4 nitrogen and oxygen atoms in total. The lowest BCUT2D eigenvalue weighted by atomic mass is 9.73. The van der Waals surface area contributed by atoms with Crippen molar-refractivity contribution in [3.05, 3.63) is 178 Å². The summed E-state index contributed by atoms with van der Waals surface area (Å²) in [5.41, 5.74) is -11.7. The first-order chi connectivity index (χ1) is 30.6. The van der Waals surface area contributed by atoms with Crippen molar-refractivity contribution < 1.29 is 65.9 Å². The number of rotatable bonds is 8. The van der Waals surface area contributed by atoms with Gasteiger partial charge in [0.1, 0.15) is 0 Å². The number of anilines is 3. The van der Waals surface area contributed by atoms with Gasteiger partial charge < -0.3 is 4.90 Å². The topological polar surface area (TPSA) is 34.0 Å². The molecular formula is C47H31F15N4. The van der Waals surface area contributed by atoms with Gasteiger partial charge in [-0.05, 0) is 122 Å². The third-order valence-electron chi connectivity index (χ3n) is 10.7. The second-order valence-electron chi connectivity index (χ2n) is 15.4. The van der Waals surface area contributed by atoms with Crippen molar-refractivity contribution in [1.82, 2.24) is 14.8 Å². The van der Waals surface area contributed by atoms with Crippen molar-refractivity contribution >= 4 is 17.1 Å². The molecule has 0 fully saturated rings. The minimum absolute atomic E-state index is 0.0242. The van der Waals surface area contributed by atoms with Crippen LogP contribution in [0.25, 0.3) is 28.5 Å². The molecule has 0 unspecified atom stereocenters. The Hall–Kier alpha value is -6.79. The first-order valence-electron chi connectivity index (χ1n) is 19.3. The highest BCUT2D eigenvalue weighted by Crippen LogP contribution is 2.57. The lowest BCUT2D eigenvalue weighted by Gasteiger charge is -2.38. The Morgan fingerprint density at radius 2 is 0.803 bits per heavy atom. The molecule has 0 amide bonds. The molecule has 0 bridgehead atoms. The van der Waals surface area contributed by atoms with Crippen molar-refractivity contribution in [3.63, 3.8) is 0 Å². The summed E-state index contributed by atoms with van der Waals surface area (Å²) in [7, 11) is 0. The number of benzene rings is 6. The SMILES string of the molecule is Cc1cccc(-c2nnc(-c3cccc(C(F)(F)F)c3)n2-c2ccc(C(c3ccc(N(c4cc(C)cc(C(F)(F)F)c4)c4cc(C)cc(C(F)(F)F)c4)cc3)(C(F)(F)F)C(F)(F)F)cc2)c1. The Morgan fingerprint density at radius 1 is 0.379 bits per heavy atom. The lowest BCUT2D eigenvalue weighted by Crippen LogP contribution is -2.54. The first-order valence-corrected chi connectivity index (χ1v) is 19.3. The maximum atomic E-state index is 15.5. The van der Waals surface area contributed by atoms with Crippen LogP contribution in [-0.2, 0) is 23.9 Å². The van der Waals surface area contributed by atoms with Crippen molar-refractivity contribution in [1.29, 1.82) is 0 Å². The molecule has 1 aromatic heterocycles. The molecule has 0 aliphatic heterocycles. The number of alkyl halides is 15. The zero-order valence-electron chi connectivity index (χ0n) is 34.2. The molecule has 0 spiro atoms. The van der Waals surface area contributed by atoms with E-state index in [1.807, 2.05) is 0 Å². The molecule has 66 heavy (non-hydrogen) atoms. The highest BCUT2D eigenvalue weighted by Gasteiger charge is 2.72. The van der Waals surface area contributed by atoms with Gasteiger partial charge in [-0.25, -0.2) is 0 Å². The van der Waals surface area contributed by atoms with Gasteiger partial charge in [0, 0.05) is 33.9 Å². The minimum Gasteiger partial charge on any atom is -0.310 e. The molecule has 0 radical (unpaired) electrons. The highest BCUT2D eigenvalue weighted by molar-refractivity contribution is 5.78. The van der Waals surface area contributed by atoms with Gasteiger partial charge in [0.15, 0.2) is 11.6 Å². The van der Waals surface area contributed by atoms with E-state index < -0.39 is 81.2 Å². The molecule has 344 valence electrons. The van der Waals surface area contributed by atoms with E-state index in [1.54, 1.807) is 31.2 Å². The summed E-state index contributed by atoms with van der Waals surface area (Å²) in [5, 5.41) is 8.20. The summed E-state index contributed by atoms with van der Waals surface area (Å²) in [6.45, 7) is 4.22. The fourth-order valence-electron chi connectivity index (χ4n) is 7.78. The second kappa shape index (κ2) is 16.6. The molecule has 0 atom stereocenters. The molecular weight excluding hydrogens is 906 g/mol. The quantitative estimate of drug-likeness (QED) is 0.142. The van der Waals surface area contributed by atoms with E-state index in [2.05, 4.69) is 10.2 Å². The van der Waals surface area contributed by atoms with Gasteiger partial charge in [-0.1, -0.05) is 60.2 Å². The molecule has 0 saturated heterocycles. The van der Waals surface area contributed by atoms with Gasteiger partial charge >= 0.3 is 30.9 Å². The summed E-state index contributed by atoms with van der Waals surface area (Å²) < 4.78 is 219. The Kier molecular flexibility index (Phi) is 11.8. The van der Waals surface area contributed by atoms with Crippen molar-refractivity contribution in [2.45, 2.75) is 57.1 Å². The number of halogens is 15. The Bertz CT molecular complexity index is 2810. The molecule has 7 aromatic rings. The Labute approximate surface area is 365 Å². The maximum absolute atomic E-state index is 15.5. The van der Waals surface area contributed by atoms with Crippen molar-refractivity contribution in [2.24, 2.45) is 0 Å². The third-order valence-corrected chi connectivity index (χ3v) is 10.7. The Balaban J connectivity index is 1.41. The predicted molar refractivity (Wildman–Crippen MR) is 215 cm³/mol. The van der Waals surface area contributed by atoms with Gasteiger partial charge in [-0.3, -0.25) is 4.57 Å². The molecule has 0 N–H and O–H groups in total. The van der Waals surface area contributed by atoms with E-state index in [1.165, 1.54) is 24.5 Å². The average Bonchev–Trinajstić information content (AvgIpc) is 3.65. The summed E-state index contributed by atoms with van der Waals surface area (Å²) in [4.78, 5) is 0.846. The number of aromatic nitrogens is 3. The lowest BCUT2D eigenvalue weighted by molar-refractivity contribution is -0.288. The maximum Gasteiger partial charge on any atom is 0.416 e. The largest absolute Gasteiger partial charge is 0.416 e. The smallest absolute Gasteiger partial charge is 0.310 e. The summed E-state index contributed by atoms with van der Waals surface area (Å²) >= 11 is 0. The van der Waals surface area contributed by atoms with Crippen LogP contribution in [0.1, 0.15) is 44.5 Å². The normalized spacial score (nSPS) is 13.0. The number of nitrogens with zero attached hydrogens (tertiary/aromatic N) is 4. The van der Waals surface area contributed by atoms with Crippen LogP contribution in [0.15, 0.2) is 133 Å². The molecule has 7 rings (SSSR count). The highest BCUT2D eigenvalue weighted by atomic mass is 19.4. The first kappa shape index (κ1) is 47.2. The van der Waals surface area contributed by atoms with Gasteiger partial charge in [0.05, 0.1) is 16.7 Å². The average molecular weight is 937 g/mol. The van der Waals surface area contributed by atoms with Crippen LogP contribution in [0.2, 0.25) is 0 Å². The molecule has 0 saturated carbocycles. The van der Waals surface area contributed by atoms with Crippen LogP contribution >= 0.6 is 0 Å². The number of hydrogen-bond donors (Lipinski definition) is 0.